The Morgan fingerprint density at radius 2 is 1.92 bits per heavy atom. The molecule has 3 rings (SSSR count). The first-order valence-corrected chi connectivity index (χ1v) is 9.82. The molecule has 1 heterocycles. The Morgan fingerprint density at radius 1 is 1.19 bits per heavy atom. The van der Waals surface area contributed by atoms with Crippen LogP contribution >= 0.6 is 23.4 Å². The Kier molecular flexibility index (Phi) is 5.69. The normalized spacial score (nSPS) is 10.8. The summed E-state index contributed by atoms with van der Waals surface area (Å²) >= 11 is 7.79. The van der Waals surface area contributed by atoms with Crippen molar-refractivity contribution in [3.05, 3.63) is 76.1 Å². The lowest BCUT2D eigenvalue weighted by atomic mass is 10.2. The van der Waals surface area contributed by atoms with E-state index in [4.69, 9.17) is 11.6 Å². The average molecular weight is 386 g/mol. The molecular weight excluding hydrogens is 366 g/mol. The second-order valence-corrected chi connectivity index (χ2v) is 7.28. The average Bonchev–Trinajstić information content (AvgIpc) is 2.90. The lowest BCUT2D eigenvalue weighted by molar-refractivity contribution is 0.102. The van der Waals surface area contributed by atoms with Gasteiger partial charge in [0.25, 0.3) is 5.91 Å². The number of amides is 1. The number of benzene rings is 2. The van der Waals surface area contributed by atoms with Crippen LogP contribution in [0.2, 0.25) is 5.02 Å². The summed E-state index contributed by atoms with van der Waals surface area (Å²) < 4.78 is 1.90. The van der Waals surface area contributed by atoms with Gasteiger partial charge < -0.3 is 5.32 Å². The van der Waals surface area contributed by atoms with E-state index >= 15 is 0 Å². The second-order valence-electron chi connectivity index (χ2n) is 5.99. The number of rotatable bonds is 5. The maximum Gasteiger partial charge on any atom is 0.257 e. The molecule has 4 nitrogen and oxygen atoms in total. The molecule has 2 aromatic carbocycles. The van der Waals surface area contributed by atoms with Crippen molar-refractivity contribution >= 4 is 35.0 Å². The first kappa shape index (κ1) is 18.5. The lowest BCUT2D eigenvalue weighted by Gasteiger charge is -2.09. The molecule has 0 unspecified atom stereocenters. The van der Waals surface area contributed by atoms with Crippen molar-refractivity contribution in [3.63, 3.8) is 0 Å². The number of nitrogens with zero attached hydrogens (tertiary/aromatic N) is 2. The van der Waals surface area contributed by atoms with Gasteiger partial charge in [-0.2, -0.15) is 5.10 Å². The van der Waals surface area contributed by atoms with Crippen LogP contribution in [-0.2, 0) is 6.54 Å². The molecule has 134 valence electrons. The minimum absolute atomic E-state index is 0.226. The van der Waals surface area contributed by atoms with Crippen LogP contribution in [0.15, 0.2) is 53.4 Å². The van der Waals surface area contributed by atoms with Crippen LogP contribution in [0.4, 0.5) is 5.69 Å². The minimum atomic E-state index is -0.226. The highest BCUT2D eigenvalue weighted by Crippen LogP contribution is 2.26. The third kappa shape index (κ3) is 3.94. The minimum Gasteiger partial charge on any atom is -0.319 e. The standard InChI is InChI=1S/C20H20ClN3OS/c1-13-19(14(2)24(23-13)12-15-7-5-4-6-8-15)22-20(25)17-11-16(26-3)9-10-18(17)21/h4-11H,12H2,1-3H3,(H,22,25). The highest BCUT2D eigenvalue weighted by atomic mass is 35.5. The van der Waals surface area contributed by atoms with Gasteiger partial charge in [-0.1, -0.05) is 41.9 Å². The van der Waals surface area contributed by atoms with E-state index in [0.29, 0.717) is 17.1 Å². The molecule has 0 aliphatic rings. The van der Waals surface area contributed by atoms with Gasteiger partial charge in [0.15, 0.2) is 0 Å². The van der Waals surface area contributed by atoms with E-state index in [9.17, 15) is 4.79 Å². The van der Waals surface area contributed by atoms with Gasteiger partial charge in [0.2, 0.25) is 0 Å². The van der Waals surface area contributed by atoms with Crippen LogP contribution in [0.5, 0.6) is 0 Å². The Morgan fingerprint density at radius 3 is 2.62 bits per heavy atom. The van der Waals surface area contributed by atoms with Gasteiger partial charge >= 0.3 is 0 Å². The second kappa shape index (κ2) is 7.98. The monoisotopic (exact) mass is 385 g/mol. The number of aryl methyl sites for hydroxylation is 1. The predicted octanol–water partition coefficient (Wildman–Crippen LogP) is 5.18. The van der Waals surface area contributed by atoms with Gasteiger partial charge in [0.1, 0.15) is 0 Å². The zero-order chi connectivity index (χ0) is 18.7. The summed E-state index contributed by atoms with van der Waals surface area (Å²) in [5, 5.41) is 7.99. The molecule has 0 aliphatic heterocycles. The number of carbonyl (C=O) groups excluding carboxylic acids is 1. The van der Waals surface area contributed by atoms with E-state index < -0.39 is 0 Å². The summed E-state index contributed by atoms with van der Waals surface area (Å²) in [5.41, 5.74) is 4.05. The molecule has 0 bridgehead atoms. The number of nitrogens with one attached hydrogen (secondary N) is 1. The van der Waals surface area contributed by atoms with Gasteiger partial charge in [0.05, 0.1) is 34.2 Å². The fraction of sp³-hybridized carbons (Fsp3) is 0.200. The summed E-state index contributed by atoms with van der Waals surface area (Å²) in [4.78, 5) is 13.7. The molecule has 3 aromatic rings. The van der Waals surface area contributed by atoms with Crippen LogP contribution in [0, 0.1) is 13.8 Å². The number of carbonyl (C=O) groups is 1. The first-order valence-electron chi connectivity index (χ1n) is 8.22. The molecule has 0 saturated carbocycles. The molecule has 6 heteroatoms. The van der Waals surface area contributed by atoms with Crippen LogP contribution in [0.3, 0.4) is 0 Å². The van der Waals surface area contributed by atoms with E-state index in [1.165, 1.54) is 0 Å². The van der Waals surface area contributed by atoms with Crippen LogP contribution in [-0.4, -0.2) is 21.9 Å². The molecule has 1 amide bonds. The van der Waals surface area contributed by atoms with E-state index in [1.807, 2.05) is 49.1 Å². The summed E-state index contributed by atoms with van der Waals surface area (Å²) in [7, 11) is 0. The van der Waals surface area contributed by atoms with Gasteiger partial charge in [-0.25, -0.2) is 0 Å². The predicted molar refractivity (Wildman–Crippen MR) is 108 cm³/mol. The fourth-order valence-corrected chi connectivity index (χ4v) is 3.42. The van der Waals surface area contributed by atoms with Crippen molar-refractivity contribution in [1.29, 1.82) is 0 Å². The van der Waals surface area contributed by atoms with Gasteiger partial charge in [-0.3, -0.25) is 9.48 Å². The summed E-state index contributed by atoms with van der Waals surface area (Å²) in [5.74, 6) is -0.226. The van der Waals surface area contributed by atoms with Crippen molar-refractivity contribution in [2.24, 2.45) is 0 Å². The van der Waals surface area contributed by atoms with E-state index in [1.54, 1.807) is 23.9 Å². The van der Waals surface area contributed by atoms with E-state index in [2.05, 4.69) is 22.5 Å². The van der Waals surface area contributed by atoms with Crippen LogP contribution in [0.1, 0.15) is 27.3 Å². The number of thioether (sulfide) groups is 1. The zero-order valence-electron chi connectivity index (χ0n) is 14.9. The number of hydrogen-bond donors (Lipinski definition) is 1. The molecule has 0 saturated heterocycles. The molecular formula is C20H20ClN3OS. The molecule has 0 spiro atoms. The number of aromatic nitrogens is 2. The molecule has 0 fully saturated rings. The first-order chi connectivity index (χ1) is 12.5. The highest BCUT2D eigenvalue weighted by molar-refractivity contribution is 7.98. The van der Waals surface area contributed by atoms with Crippen molar-refractivity contribution in [3.8, 4) is 0 Å². The third-order valence-corrected chi connectivity index (χ3v) is 5.27. The summed E-state index contributed by atoms with van der Waals surface area (Å²) in [6.45, 7) is 4.51. The molecule has 0 radical (unpaired) electrons. The Bertz CT molecular complexity index is 938. The van der Waals surface area contributed by atoms with Crippen molar-refractivity contribution < 1.29 is 4.79 Å². The van der Waals surface area contributed by atoms with Crippen molar-refractivity contribution in [1.82, 2.24) is 9.78 Å². The third-order valence-electron chi connectivity index (χ3n) is 4.21. The number of hydrogen-bond acceptors (Lipinski definition) is 3. The number of halogens is 1. The maximum atomic E-state index is 12.7. The topological polar surface area (TPSA) is 46.9 Å². The summed E-state index contributed by atoms with van der Waals surface area (Å²) in [6.07, 6.45) is 1.97. The summed E-state index contributed by atoms with van der Waals surface area (Å²) in [6, 6.07) is 15.6. The van der Waals surface area contributed by atoms with Crippen LogP contribution < -0.4 is 5.32 Å². The van der Waals surface area contributed by atoms with E-state index in [-0.39, 0.29) is 5.91 Å². The molecule has 0 atom stereocenters. The lowest BCUT2D eigenvalue weighted by Crippen LogP contribution is -2.14. The fourth-order valence-electron chi connectivity index (χ4n) is 2.77. The Balaban J connectivity index is 1.85. The van der Waals surface area contributed by atoms with Crippen molar-refractivity contribution in [2.45, 2.75) is 25.3 Å². The SMILES string of the molecule is CSc1ccc(Cl)c(C(=O)Nc2c(C)nn(Cc3ccccc3)c2C)c1. The largest absolute Gasteiger partial charge is 0.319 e. The zero-order valence-corrected chi connectivity index (χ0v) is 16.5. The smallest absolute Gasteiger partial charge is 0.257 e. The van der Waals surface area contributed by atoms with Gasteiger partial charge in [0, 0.05) is 4.90 Å². The molecule has 1 N–H and O–H groups in total. The number of anilines is 1. The highest BCUT2D eigenvalue weighted by Gasteiger charge is 2.17. The molecule has 1 aromatic heterocycles. The Hall–Kier alpha value is -2.24. The van der Waals surface area contributed by atoms with Gasteiger partial charge in [-0.15, -0.1) is 11.8 Å². The van der Waals surface area contributed by atoms with Crippen molar-refractivity contribution in [2.75, 3.05) is 11.6 Å². The van der Waals surface area contributed by atoms with Gasteiger partial charge in [-0.05, 0) is 43.9 Å². The quantitative estimate of drug-likeness (QED) is 0.616. The molecule has 0 aliphatic carbocycles. The van der Waals surface area contributed by atoms with Crippen LogP contribution in [0.25, 0.3) is 0 Å². The van der Waals surface area contributed by atoms with E-state index in [0.717, 1.165) is 27.5 Å². The Labute approximate surface area is 162 Å². The molecule has 26 heavy (non-hydrogen) atoms. The maximum absolute atomic E-state index is 12.7.